The van der Waals surface area contributed by atoms with Crippen LogP contribution in [-0.4, -0.2) is 43.8 Å². The Balaban J connectivity index is 1.80. The van der Waals surface area contributed by atoms with Crippen molar-refractivity contribution in [3.8, 4) is 5.75 Å². The molecule has 2 atom stereocenters. The Morgan fingerprint density at radius 1 is 1.24 bits per heavy atom. The van der Waals surface area contributed by atoms with Crippen LogP contribution in [0, 0.1) is 0 Å². The molecule has 1 N–H and O–H groups in total. The lowest BCUT2D eigenvalue weighted by Crippen LogP contribution is -2.27. The third-order valence-electron chi connectivity index (χ3n) is 5.45. The number of aliphatic hydroxyl groups is 1. The number of halogens is 5. The number of hydrogen-bond donors (Lipinski definition) is 1. The van der Waals surface area contributed by atoms with Crippen molar-refractivity contribution in [1.82, 2.24) is 0 Å². The molecular weight excluding hydrogens is 421 g/mol. The Morgan fingerprint density at radius 2 is 1.97 bits per heavy atom. The molecule has 0 spiro atoms. The van der Waals surface area contributed by atoms with E-state index >= 15 is 0 Å². The maximum Gasteiger partial charge on any atom is 0.501 e. The molecule has 5 nitrogen and oxygen atoms in total. The van der Waals surface area contributed by atoms with Gasteiger partial charge in [-0.15, -0.1) is 0 Å². The number of fused-ring (bicyclic) bond motifs is 1. The standard InChI is InChI=1S/C18H16F5NO4S/c19-17(20)6-10-13(28-12-3-1-2-9-7-24-8-11(9)12)4-5-14(15(10)16(17)25)29(26,27)18(21,22)23/h4-5,7,12,16,25H,1-3,6,8H2/t12?,16-/m0/s1. The first-order chi connectivity index (χ1) is 13.4. The van der Waals surface area contributed by atoms with Crippen LogP contribution in [0.3, 0.4) is 0 Å². The molecule has 11 heteroatoms. The zero-order chi connectivity index (χ0) is 21.2. The summed E-state index contributed by atoms with van der Waals surface area (Å²) >= 11 is 0. The van der Waals surface area contributed by atoms with Gasteiger partial charge in [0.15, 0.2) is 0 Å². The summed E-state index contributed by atoms with van der Waals surface area (Å²) in [4.78, 5) is 2.79. The Labute approximate surface area is 162 Å². The van der Waals surface area contributed by atoms with Crippen LogP contribution in [-0.2, 0) is 16.3 Å². The van der Waals surface area contributed by atoms with E-state index in [2.05, 4.69) is 4.99 Å². The van der Waals surface area contributed by atoms with Crippen molar-refractivity contribution in [2.75, 3.05) is 6.54 Å². The number of alkyl halides is 5. The van der Waals surface area contributed by atoms with Crippen LogP contribution >= 0.6 is 0 Å². The molecule has 0 saturated carbocycles. The number of rotatable bonds is 3. The van der Waals surface area contributed by atoms with Crippen LogP contribution in [0.5, 0.6) is 5.75 Å². The Kier molecular flexibility index (Phi) is 4.54. The summed E-state index contributed by atoms with van der Waals surface area (Å²) < 4.78 is 97.0. The molecule has 0 radical (unpaired) electrons. The quantitative estimate of drug-likeness (QED) is 0.735. The molecule has 29 heavy (non-hydrogen) atoms. The van der Waals surface area contributed by atoms with Crippen molar-refractivity contribution >= 4 is 16.1 Å². The fourth-order valence-electron chi connectivity index (χ4n) is 4.03. The minimum Gasteiger partial charge on any atom is -0.486 e. The zero-order valence-electron chi connectivity index (χ0n) is 14.8. The van der Waals surface area contributed by atoms with E-state index in [9.17, 15) is 35.5 Å². The molecule has 1 aromatic carbocycles. The number of aliphatic imine (C=N–C) groups is 1. The second-order valence-corrected chi connectivity index (χ2v) is 9.17. The highest BCUT2D eigenvalue weighted by Crippen LogP contribution is 2.51. The number of nitrogens with zero attached hydrogens (tertiary/aromatic N) is 1. The number of allylic oxidation sites excluding steroid dienone is 1. The van der Waals surface area contributed by atoms with Crippen molar-refractivity contribution in [3.63, 3.8) is 0 Å². The molecule has 158 valence electrons. The summed E-state index contributed by atoms with van der Waals surface area (Å²) in [6.45, 7) is 0.390. The lowest BCUT2D eigenvalue weighted by atomic mass is 9.91. The van der Waals surface area contributed by atoms with Gasteiger partial charge >= 0.3 is 5.51 Å². The van der Waals surface area contributed by atoms with Gasteiger partial charge in [-0.1, -0.05) is 0 Å². The van der Waals surface area contributed by atoms with Crippen molar-refractivity contribution < 1.29 is 40.2 Å². The highest BCUT2D eigenvalue weighted by Gasteiger charge is 2.55. The third-order valence-corrected chi connectivity index (χ3v) is 6.99. The predicted molar refractivity (Wildman–Crippen MR) is 91.9 cm³/mol. The number of ether oxygens (including phenoxy) is 1. The zero-order valence-corrected chi connectivity index (χ0v) is 15.7. The Morgan fingerprint density at radius 3 is 2.66 bits per heavy atom. The van der Waals surface area contributed by atoms with Crippen molar-refractivity contribution in [2.24, 2.45) is 4.99 Å². The maximum atomic E-state index is 14.2. The topological polar surface area (TPSA) is 76.0 Å². The second-order valence-electron chi connectivity index (χ2n) is 7.26. The molecule has 0 fully saturated rings. The van der Waals surface area contributed by atoms with E-state index in [4.69, 9.17) is 4.74 Å². The van der Waals surface area contributed by atoms with Crippen LogP contribution in [0.25, 0.3) is 0 Å². The molecule has 0 bridgehead atoms. The van der Waals surface area contributed by atoms with E-state index in [1.807, 2.05) is 0 Å². The van der Waals surface area contributed by atoms with Gasteiger partial charge in [0, 0.05) is 23.8 Å². The van der Waals surface area contributed by atoms with E-state index in [0.717, 1.165) is 30.1 Å². The van der Waals surface area contributed by atoms with Crippen LogP contribution in [0.15, 0.2) is 33.2 Å². The summed E-state index contributed by atoms with van der Waals surface area (Å²) in [7, 11) is -5.93. The first kappa shape index (κ1) is 20.3. The molecule has 2 aliphatic carbocycles. The van der Waals surface area contributed by atoms with Gasteiger partial charge in [-0.25, -0.2) is 17.2 Å². The van der Waals surface area contributed by atoms with Crippen molar-refractivity contribution in [1.29, 1.82) is 0 Å². The van der Waals surface area contributed by atoms with Crippen LogP contribution in [0.1, 0.15) is 36.5 Å². The molecule has 0 amide bonds. The van der Waals surface area contributed by atoms with Gasteiger partial charge in [-0.05, 0) is 42.5 Å². The second kappa shape index (κ2) is 6.49. The minimum atomic E-state index is -5.93. The average molecular weight is 437 g/mol. The highest BCUT2D eigenvalue weighted by molar-refractivity contribution is 7.92. The first-order valence-corrected chi connectivity index (χ1v) is 10.3. The van der Waals surface area contributed by atoms with Gasteiger partial charge < -0.3 is 9.84 Å². The van der Waals surface area contributed by atoms with Gasteiger partial charge in [0.2, 0.25) is 0 Å². The van der Waals surface area contributed by atoms with Gasteiger partial charge in [-0.3, -0.25) is 4.99 Å². The van der Waals surface area contributed by atoms with Gasteiger partial charge in [-0.2, -0.15) is 13.2 Å². The van der Waals surface area contributed by atoms with E-state index in [1.165, 1.54) is 0 Å². The molecule has 0 saturated heterocycles. The van der Waals surface area contributed by atoms with E-state index in [0.29, 0.717) is 19.0 Å². The fourth-order valence-corrected chi connectivity index (χ4v) is 5.05. The molecule has 1 aliphatic heterocycles. The largest absolute Gasteiger partial charge is 0.501 e. The molecule has 1 heterocycles. The lowest BCUT2D eigenvalue weighted by molar-refractivity contribution is -0.0978. The number of hydrogen-bond acceptors (Lipinski definition) is 5. The summed E-state index contributed by atoms with van der Waals surface area (Å²) in [6, 6.07) is 1.53. The Hall–Kier alpha value is -2.01. The molecule has 1 unspecified atom stereocenters. The fraction of sp³-hybridized carbons (Fsp3) is 0.500. The predicted octanol–water partition coefficient (Wildman–Crippen LogP) is 3.52. The third kappa shape index (κ3) is 3.14. The SMILES string of the molecule is O=S(=O)(c1ccc(OC2CCCC3=C2CN=C3)c2c1[C@H](O)C(F)(F)C2)C(F)(F)F. The van der Waals surface area contributed by atoms with Crippen molar-refractivity contribution in [2.45, 2.75) is 54.2 Å². The average Bonchev–Trinajstić information content (AvgIpc) is 3.18. The monoisotopic (exact) mass is 437 g/mol. The lowest BCUT2D eigenvalue weighted by Gasteiger charge is -2.26. The highest BCUT2D eigenvalue weighted by atomic mass is 32.2. The van der Waals surface area contributed by atoms with Crippen LogP contribution in [0.2, 0.25) is 0 Å². The van der Waals surface area contributed by atoms with E-state index < -0.39 is 55.9 Å². The van der Waals surface area contributed by atoms with Crippen LogP contribution < -0.4 is 4.74 Å². The number of aliphatic hydroxyl groups excluding tert-OH is 1. The summed E-state index contributed by atoms with van der Waals surface area (Å²) in [6.07, 6.45) is -0.446. The van der Waals surface area contributed by atoms with Gasteiger partial charge in [0.1, 0.15) is 18.0 Å². The first-order valence-electron chi connectivity index (χ1n) is 8.85. The molecule has 3 aliphatic rings. The van der Waals surface area contributed by atoms with E-state index in [-0.39, 0.29) is 5.75 Å². The number of sulfone groups is 1. The summed E-state index contributed by atoms with van der Waals surface area (Å²) in [5.74, 6) is -3.96. The molecular formula is C18H16F5NO4S. The molecule has 1 aromatic rings. The number of benzene rings is 1. The Bertz CT molecular complexity index is 1030. The van der Waals surface area contributed by atoms with Crippen molar-refractivity contribution in [3.05, 3.63) is 34.4 Å². The molecule has 0 aromatic heterocycles. The smallest absolute Gasteiger partial charge is 0.486 e. The summed E-state index contributed by atoms with van der Waals surface area (Å²) in [5.41, 5.74) is -5.19. The van der Waals surface area contributed by atoms with Gasteiger partial charge in [0.05, 0.1) is 11.4 Å². The summed E-state index contributed by atoms with van der Waals surface area (Å²) in [5, 5.41) is 9.93. The maximum absolute atomic E-state index is 14.2. The van der Waals surface area contributed by atoms with Gasteiger partial charge in [0.25, 0.3) is 15.8 Å². The minimum absolute atomic E-state index is 0.150. The molecule has 4 rings (SSSR count). The normalized spacial score (nSPS) is 25.9. The van der Waals surface area contributed by atoms with Crippen LogP contribution in [0.4, 0.5) is 22.0 Å². The van der Waals surface area contributed by atoms with E-state index in [1.54, 1.807) is 6.21 Å².